The SMILES string of the molecule is COc1ccc(CC(C)(O)CCN)cc1OC. The van der Waals surface area contributed by atoms with Crippen LogP contribution in [0.4, 0.5) is 0 Å². The predicted molar refractivity (Wildman–Crippen MR) is 67.5 cm³/mol. The van der Waals surface area contributed by atoms with E-state index in [0.717, 1.165) is 5.56 Å². The summed E-state index contributed by atoms with van der Waals surface area (Å²) in [7, 11) is 3.20. The summed E-state index contributed by atoms with van der Waals surface area (Å²) < 4.78 is 10.4. The molecule has 1 atom stereocenters. The van der Waals surface area contributed by atoms with Gasteiger partial charge >= 0.3 is 0 Å². The Balaban J connectivity index is 2.85. The number of ether oxygens (including phenoxy) is 2. The minimum Gasteiger partial charge on any atom is -0.493 e. The number of aliphatic hydroxyl groups is 1. The van der Waals surface area contributed by atoms with Crippen molar-refractivity contribution in [3.63, 3.8) is 0 Å². The number of hydrogen-bond donors (Lipinski definition) is 2. The predicted octanol–water partition coefficient (Wildman–Crippen LogP) is 1.35. The van der Waals surface area contributed by atoms with Gasteiger partial charge in [-0.25, -0.2) is 0 Å². The lowest BCUT2D eigenvalue weighted by atomic mass is 9.93. The summed E-state index contributed by atoms with van der Waals surface area (Å²) in [6.07, 6.45) is 1.12. The molecule has 0 bridgehead atoms. The van der Waals surface area contributed by atoms with Crippen LogP contribution < -0.4 is 15.2 Å². The fourth-order valence-electron chi connectivity index (χ4n) is 1.83. The van der Waals surface area contributed by atoms with Crippen molar-refractivity contribution in [2.75, 3.05) is 20.8 Å². The summed E-state index contributed by atoms with van der Waals surface area (Å²) in [6, 6.07) is 5.64. The van der Waals surface area contributed by atoms with Crippen LogP contribution in [0.5, 0.6) is 11.5 Å². The molecule has 0 aromatic heterocycles. The third-order valence-corrected chi connectivity index (χ3v) is 2.72. The van der Waals surface area contributed by atoms with Crippen LogP contribution in [0.1, 0.15) is 18.9 Å². The Kier molecular flexibility index (Phi) is 4.78. The number of rotatable bonds is 6. The van der Waals surface area contributed by atoms with Crippen molar-refractivity contribution in [2.45, 2.75) is 25.4 Å². The average molecular weight is 239 g/mol. The van der Waals surface area contributed by atoms with Gasteiger partial charge in [-0.1, -0.05) is 6.07 Å². The third-order valence-electron chi connectivity index (χ3n) is 2.72. The van der Waals surface area contributed by atoms with Gasteiger partial charge in [0.05, 0.1) is 19.8 Å². The normalized spacial score (nSPS) is 14.2. The fraction of sp³-hybridized carbons (Fsp3) is 0.538. The maximum Gasteiger partial charge on any atom is 0.160 e. The zero-order chi connectivity index (χ0) is 12.9. The molecule has 1 unspecified atom stereocenters. The van der Waals surface area contributed by atoms with Crippen LogP contribution in [0.25, 0.3) is 0 Å². The van der Waals surface area contributed by atoms with Gasteiger partial charge in [-0.05, 0) is 37.6 Å². The van der Waals surface area contributed by atoms with Crippen LogP contribution in [0.15, 0.2) is 18.2 Å². The van der Waals surface area contributed by atoms with E-state index in [1.807, 2.05) is 18.2 Å². The largest absolute Gasteiger partial charge is 0.493 e. The Labute approximate surface area is 102 Å². The first-order valence-electron chi connectivity index (χ1n) is 5.66. The second-order valence-corrected chi connectivity index (χ2v) is 4.40. The van der Waals surface area contributed by atoms with Gasteiger partial charge in [-0.2, -0.15) is 0 Å². The molecule has 4 heteroatoms. The zero-order valence-corrected chi connectivity index (χ0v) is 10.7. The Bertz CT molecular complexity index is 364. The molecular formula is C13H21NO3. The number of hydrogen-bond acceptors (Lipinski definition) is 4. The summed E-state index contributed by atoms with van der Waals surface area (Å²) >= 11 is 0. The maximum atomic E-state index is 10.1. The Morgan fingerprint density at radius 2 is 1.88 bits per heavy atom. The molecule has 3 N–H and O–H groups in total. The third kappa shape index (κ3) is 3.91. The minimum atomic E-state index is -0.783. The van der Waals surface area contributed by atoms with E-state index in [1.165, 1.54) is 0 Å². The van der Waals surface area contributed by atoms with E-state index in [4.69, 9.17) is 15.2 Å². The molecule has 0 radical (unpaired) electrons. The van der Waals surface area contributed by atoms with Crippen molar-refractivity contribution in [3.05, 3.63) is 23.8 Å². The minimum absolute atomic E-state index is 0.473. The summed E-state index contributed by atoms with van der Waals surface area (Å²) in [4.78, 5) is 0. The molecule has 4 nitrogen and oxygen atoms in total. The van der Waals surface area contributed by atoms with E-state index in [0.29, 0.717) is 30.9 Å². The average Bonchev–Trinajstić information content (AvgIpc) is 2.28. The first-order chi connectivity index (χ1) is 8.02. The summed E-state index contributed by atoms with van der Waals surface area (Å²) in [5, 5.41) is 10.1. The second-order valence-electron chi connectivity index (χ2n) is 4.40. The van der Waals surface area contributed by atoms with Gasteiger partial charge < -0.3 is 20.3 Å². The molecule has 1 aromatic carbocycles. The highest BCUT2D eigenvalue weighted by molar-refractivity contribution is 5.43. The van der Waals surface area contributed by atoms with Crippen LogP contribution in [-0.4, -0.2) is 31.5 Å². The smallest absolute Gasteiger partial charge is 0.160 e. The summed E-state index contributed by atoms with van der Waals surface area (Å²) in [5.74, 6) is 1.36. The quantitative estimate of drug-likeness (QED) is 0.786. The van der Waals surface area contributed by atoms with Crippen molar-refractivity contribution in [3.8, 4) is 11.5 Å². The monoisotopic (exact) mass is 239 g/mol. The van der Waals surface area contributed by atoms with Gasteiger partial charge in [0, 0.05) is 6.42 Å². The molecule has 0 amide bonds. The van der Waals surface area contributed by atoms with E-state index in [9.17, 15) is 5.11 Å². The lowest BCUT2D eigenvalue weighted by molar-refractivity contribution is 0.0538. The topological polar surface area (TPSA) is 64.7 Å². The molecule has 0 fully saturated rings. The van der Waals surface area contributed by atoms with Crippen LogP contribution in [0.3, 0.4) is 0 Å². The zero-order valence-electron chi connectivity index (χ0n) is 10.7. The first-order valence-corrected chi connectivity index (χ1v) is 5.66. The Morgan fingerprint density at radius 1 is 1.24 bits per heavy atom. The van der Waals surface area contributed by atoms with Crippen molar-refractivity contribution < 1.29 is 14.6 Å². The van der Waals surface area contributed by atoms with Crippen LogP contribution in [0.2, 0.25) is 0 Å². The number of methoxy groups -OCH3 is 2. The van der Waals surface area contributed by atoms with Crippen molar-refractivity contribution in [1.29, 1.82) is 0 Å². The second kappa shape index (κ2) is 5.89. The molecule has 0 aliphatic carbocycles. The van der Waals surface area contributed by atoms with E-state index in [-0.39, 0.29) is 0 Å². The van der Waals surface area contributed by atoms with E-state index < -0.39 is 5.60 Å². The molecule has 0 saturated heterocycles. The Hall–Kier alpha value is -1.26. The maximum absolute atomic E-state index is 10.1. The molecule has 0 saturated carbocycles. The van der Waals surface area contributed by atoms with Gasteiger partial charge in [0.2, 0.25) is 0 Å². The van der Waals surface area contributed by atoms with Crippen LogP contribution in [0, 0.1) is 0 Å². The van der Waals surface area contributed by atoms with Gasteiger partial charge in [-0.15, -0.1) is 0 Å². The van der Waals surface area contributed by atoms with Crippen LogP contribution >= 0.6 is 0 Å². The first kappa shape index (κ1) is 13.8. The van der Waals surface area contributed by atoms with E-state index in [2.05, 4.69) is 0 Å². The number of nitrogens with two attached hydrogens (primary N) is 1. The lowest BCUT2D eigenvalue weighted by Crippen LogP contribution is -2.30. The molecular weight excluding hydrogens is 218 g/mol. The molecule has 96 valence electrons. The molecule has 17 heavy (non-hydrogen) atoms. The summed E-state index contributed by atoms with van der Waals surface area (Å²) in [6.45, 7) is 2.26. The lowest BCUT2D eigenvalue weighted by Gasteiger charge is -2.23. The molecule has 0 heterocycles. The van der Waals surface area contributed by atoms with Crippen molar-refractivity contribution in [2.24, 2.45) is 5.73 Å². The molecule has 1 aromatic rings. The highest BCUT2D eigenvalue weighted by Crippen LogP contribution is 2.29. The molecule has 0 spiro atoms. The summed E-state index contributed by atoms with van der Waals surface area (Å²) in [5.41, 5.74) is 5.68. The van der Waals surface area contributed by atoms with Gasteiger partial charge in [0.1, 0.15) is 0 Å². The van der Waals surface area contributed by atoms with Crippen molar-refractivity contribution >= 4 is 0 Å². The van der Waals surface area contributed by atoms with Crippen molar-refractivity contribution in [1.82, 2.24) is 0 Å². The van der Waals surface area contributed by atoms with E-state index >= 15 is 0 Å². The van der Waals surface area contributed by atoms with Gasteiger partial charge in [0.25, 0.3) is 0 Å². The van der Waals surface area contributed by atoms with Crippen LogP contribution in [-0.2, 0) is 6.42 Å². The molecule has 1 rings (SSSR count). The van der Waals surface area contributed by atoms with E-state index in [1.54, 1.807) is 21.1 Å². The number of benzene rings is 1. The fourth-order valence-corrected chi connectivity index (χ4v) is 1.83. The van der Waals surface area contributed by atoms with Gasteiger partial charge in [0.15, 0.2) is 11.5 Å². The standard InChI is InChI=1S/C13H21NO3/c1-13(15,6-7-14)9-10-4-5-11(16-2)12(8-10)17-3/h4-5,8,15H,6-7,9,14H2,1-3H3. The highest BCUT2D eigenvalue weighted by atomic mass is 16.5. The van der Waals surface area contributed by atoms with Gasteiger partial charge in [-0.3, -0.25) is 0 Å². The molecule has 0 aliphatic heterocycles. The highest BCUT2D eigenvalue weighted by Gasteiger charge is 2.20. The Morgan fingerprint density at radius 3 is 2.41 bits per heavy atom. The molecule has 0 aliphatic rings.